The summed E-state index contributed by atoms with van der Waals surface area (Å²) in [5.41, 5.74) is 1.60. The van der Waals surface area contributed by atoms with E-state index in [1.54, 1.807) is 0 Å². The van der Waals surface area contributed by atoms with Gasteiger partial charge in [0.1, 0.15) is 11.4 Å². The van der Waals surface area contributed by atoms with Crippen molar-refractivity contribution in [1.29, 1.82) is 0 Å². The highest BCUT2D eigenvalue weighted by Crippen LogP contribution is 2.33. The molecule has 7 nitrogen and oxygen atoms in total. The third-order valence-corrected chi connectivity index (χ3v) is 5.55. The summed E-state index contributed by atoms with van der Waals surface area (Å²) in [5, 5.41) is 3.42. The van der Waals surface area contributed by atoms with Crippen LogP contribution < -0.4 is 5.32 Å². The molecule has 1 N–H and O–H groups in total. The Bertz CT molecular complexity index is 727. The standard InChI is InChI=1S/C19H26N4O3/c1-19(2)9-12(18(25)26-19)8-16(24)23-7-5-14-13(11-23)10-21-17(22-14)15-4-3-6-20-15/h10,12,15,20H,3-9,11H2,1-2H3/t12-,15-/m0/s1. The van der Waals surface area contributed by atoms with Gasteiger partial charge >= 0.3 is 5.97 Å². The molecule has 4 rings (SSSR count). The fraction of sp³-hybridized carbons (Fsp3) is 0.684. The van der Waals surface area contributed by atoms with E-state index in [1.165, 1.54) is 0 Å². The van der Waals surface area contributed by atoms with Crippen LogP contribution in [-0.4, -0.2) is 45.4 Å². The fourth-order valence-electron chi connectivity index (χ4n) is 4.19. The Balaban J connectivity index is 1.40. The van der Waals surface area contributed by atoms with Crippen LogP contribution in [0.2, 0.25) is 0 Å². The molecule has 2 fully saturated rings. The first kappa shape index (κ1) is 17.4. The molecule has 0 radical (unpaired) electrons. The lowest BCUT2D eigenvalue weighted by atomic mass is 9.94. The second-order valence-corrected chi connectivity index (χ2v) is 8.20. The molecular formula is C19H26N4O3. The lowest BCUT2D eigenvalue weighted by Crippen LogP contribution is -2.38. The van der Waals surface area contributed by atoms with Gasteiger partial charge < -0.3 is 15.0 Å². The van der Waals surface area contributed by atoms with E-state index in [4.69, 9.17) is 9.72 Å². The van der Waals surface area contributed by atoms with E-state index in [1.807, 2.05) is 24.9 Å². The number of amides is 1. The molecule has 0 saturated carbocycles. The number of carbonyl (C=O) groups is 2. The molecule has 0 aromatic carbocycles. The molecule has 0 spiro atoms. The summed E-state index contributed by atoms with van der Waals surface area (Å²) in [6.45, 7) is 5.97. The van der Waals surface area contributed by atoms with E-state index >= 15 is 0 Å². The van der Waals surface area contributed by atoms with Gasteiger partial charge in [0.15, 0.2) is 0 Å². The van der Waals surface area contributed by atoms with Gasteiger partial charge in [0.25, 0.3) is 0 Å². The van der Waals surface area contributed by atoms with Crippen molar-refractivity contribution in [3.8, 4) is 0 Å². The van der Waals surface area contributed by atoms with Gasteiger partial charge in [-0.3, -0.25) is 9.59 Å². The summed E-state index contributed by atoms with van der Waals surface area (Å²) in [4.78, 5) is 35.7. The van der Waals surface area contributed by atoms with Crippen molar-refractivity contribution in [3.63, 3.8) is 0 Å². The zero-order valence-electron chi connectivity index (χ0n) is 15.5. The summed E-state index contributed by atoms with van der Waals surface area (Å²) < 4.78 is 5.33. The van der Waals surface area contributed by atoms with Crippen LogP contribution in [-0.2, 0) is 27.3 Å². The molecule has 1 aromatic heterocycles. The van der Waals surface area contributed by atoms with E-state index in [0.717, 1.165) is 42.9 Å². The van der Waals surface area contributed by atoms with E-state index < -0.39 is 5.60 Å². The SMILES string of the molecule is CC1(C)C[C@H](CC(=O)N2CCc3nc([C@@H]4CCCN4)ncc3C2)C(=O)O1. The molecule has 1 amide bonds. The fourth-order valence-corrected chi connectivity index (χ4v) is 4.19. The summed E-state index contributed by atoms with van der Waals surface area (Å²) in [6, 6.07) is 0.261. The second kappa shape index (κ2) is 6.61. The molecule has 0 unspecified atom stereocenters. The molecular weight excluding hydrogens is 332 g/mol. The Hall–Kier alpha value is -2.02. The van der Waals surface area contributed by atoms with Crippen LogP contribution in [0.15, 0.2) is 6.20 Å². The largest absolute Gasteiger partial charge is 0.459 e. The van der Waals surface area contributed by atoms with Crippen molar-refractivity contribution in [1.82, 2.24) is 20.2 Å². The number of hydrogen-bond donors (Lipinski definition) is 1. The van der Waals surface area contributed by atoms with Gasteiger partial charge in [-0.15, -0.1) is 0 Å². The smallest absolute Gasteiger partial charge is 0.310 e. The van der Waals surface area contributed by atoms with Gasteiger partial charge in [0.05, 0.1) is 17.7 Å². The Kier molecular flexibility index (Phi) is 4.42. The van der Waals surface area contributed by atoms with Crippen LogP contribution in [0, 0.1) is 5.92 Å². The number of fused-ring (bicyclic) bond motifs is 1. The first-order valence-corrected chi connectivity index (χ1v) is 9.50. The molecule has 0 aliphatic carbocycles. The van der Waals surface area contributed by atoms with Gasteiger partial charge in [-0.25, -0.2) is 9.97 Å². The summed E-state index contributed by atoms with van der Waals surface area (Å²) in [7, 11) is 0. The normalized spacial score (nSPS) is 27.3. The molecule has 26 heavy (non-hydrogen) atoms. The molecule has 0 bridgehead atoms. The monoisotopic (exact) mass is 358 g/mol. The lowest BCUT2D eigenvalue weighted by Gasteiger charge is -2.29. The van der Waals surface area contributed by atoms with Gasteiger partial charge in [-0.05, 0) is 33.2 Å². The molecule has 3 aliphatic heterocycles. The number of ether oxygens (including phenoxy) is 1. The van der Waals surface area contributed by atoms with Gasteiger partial charge in [0, 0.05) is 44.1 Å². The molecule has 2 atom stereocenters. The van der Waals surface area contributed by atoms with Crippen LogP contribution in [0.1, 0.15) is 62.7 Å². The number of cyclic esters (lactones) is 1. The maximum atomic E-state index is 12.7. The Labute approximate surface area is 153 Å². The average molecular weight is 358 g/mol. The number of nitrogens with zero attached hydrogens (tertiary/aromatic N) is 3. The van der Waals surface area contributed by atoms with Gasteiger partial charge in [-0.2, -0.15) is 0 Å². The minimum Gasteiger partial charge on any atom is -0.459 e. The lowest BCUT2D eigenvalue weighted by molar-refractivity contribution is -0.150. The van der Waals surface area contributed by atoms with E-state index in [9.17, 15) is 9.59 Å². The van der Waals surface area contributed by atoms with Crippen LogP contribution in [0.4, 0.5) is 0 Å². The summed E-state index contributed by atoms with van der Waals surface area (Å²) >= 11 is 0. The van der Waals surface area contributed by atoms with Crippen molar-refractivity contribution in [2.24, 2.45) is 5.92 Å². The number of esters is 1. The highest BCUT2D eigenvalue weighted by molar-refractivity contribution is 5.84. The topological polar surface area (TPSA) is 84.4 Å². The number of nitrogens with one attached hydrogen (secondary N) is 1. The molecule has 1 aromatic rings. The van der Waals surface area contributed by atoms with Crippen molar-refractivity contribution < 1.29 is 14.3 Å². The molecule has 4 heterocycles. The molecule has 7 heteroatoms. The van der Waals surface area contributed by atoms with Crippen LogP contribution >= 0.6 is 0 Å². The highest BCUT2D eigenvalue weighted by atomic mass is 16.6. The van der Waals surface area contributed by atoms with Crippen LogP contribution in [0.25, 0.3) is 0 Å². The minimum absolute atomic E-state index is 0.0110. The number of aromatic nitrogens is 2. The zero-order valence-corrected chi connectivity index (χ0v) is 15.5. The van der Waals surface area contributed by atoms with E-state index in [0.29, 0.717) is 19.5 Å². The summed E-state index contributed by atoms with van der Waals surface area (Å²) in [5.74, 6) is 0.303. The molecule has 3 aliphatic rings. The second-order valence-electron chi connectivity index (χ2n) is 8.20. The third-order valence-electron chi connectivity index (χ3n) is 5.55. The maximum absolute atomic E-state index is 12.7. The zero-order chi connectivity index (χ0) is 18.3. The predicted molar refractivity (Wildman–Crippen MR) is 94.0 cm³/mol. The quantitative estimate of drug-likeness (QED) is 0.825. The Morgan fingerprint density at radius 1 is 1.46 bits per heavy atom. The van der Waals surface area contributed by atoms with Gasteiger partial charge in [0.2, 0.25) is 5.91 Å². The molecule has 2 saturated heterocycles. The Morgan fingerprint density at radius 2 is 2.31 bits per heavy atom. The first-order chi connectivity index (χ1) is 12.4. The van der Waals surface area contributed by atoms with Crippen LogP contribution in [0.3, 0.4) is 0 Å². The van der Waals surface area contributed by atoms with Crippen LogP contribution in [0.5, 0.6) is 0 Å². The minimum atomic E-state index is -0.463. The maximum Gasteiger partial charge on any atom is 0.310 e. The molecule has 140 valence electrons. The van der Waals surface area contributed by atoms with E-state index in [2.05, 4.69) is 10.3 Å². The third kappa shape index (κ3) is 3.45. The Morgan fingerprint density at radius 3 is 3.00 bits per heavy atom. The van der Waals surface area contributed by atoms with Crippen molar-refractivity contribution in [3.05, 3.63) is 23.3 Å². The van der Waals surface area contributed by atoms with Crippen molar-refractivity contribution in [2.75, 3.05) is 13.1 Å². The van der Waals surface area contributed by atoms with Crippen molar-refractivity contribution in [2.45, 2.75) is 64.1 Å². The van der Waals surface area contributed by atoms with Gasteiger partial charge in [-0.1, -0.05) is 0 Å². The number of carbonyl (C=O) groups excluding carboxylic acids is 2. The average Bonchev–Trinajstić information content (AvgIpc) is 3.22. The van der Waals surface area contributed by atoms with E-state index in [-0.39, 0.29) is 30.3 Å². The van der Waals surface area contributed by atoms with Crippen molar-refractivity contribution >= 4 is 11.9 Å². The number of hydrogen-bond acceptors (Lipinski definition) is 6. The summed E-state index contributed by atoms with van der Waals surface area (Å²) in [6.07, 6.45) is 5.67. The number of rotatable bonds is 3. The highest BCUT2D eigenvalue weighted by Gasteiger charge is 2.41. The first-order valence-electron chi connectivity index (χ1n) is 9.50. The predicted octanol–water partition coefficient (Wildman–Crippen LogP) is 1.52.